The van der Waals surface area contributed by atoms with Crippen LogP contribution < -0.4 is 5.32 Å². The third-order valence-corrected chi connectivity index (χ3v) is 3.90. The summed E-state index contributed by atoms with van der Waals surface area (Å²) >= 11 is 0. The highest BCUT2D eigenvalue weighted by molar-refractivity contribution is 5.93. The summed E-state index contributed by atoms with van der Waals surface area (Å²) in [5.41, 5.74) is 1.15. The molecule has 1 atom stereocenters. The minimum absolute atomic E-state index is 0.152. The molecule has 2 aromatic rings. The maximum atomic E-state index is 12.2. The molecule has 6 heteroatoms. The Morgan fingerprint density at radius 1 is 1.22 bits per heavy atom. The van der Waals surface area contributed by atoms with Gasteiger partial charge in [0.2, 0.25) is 0 Å². The average Bonchev–Trinajstić information content (AvgIpc) is 2.62. The van der Waals surface area contributed by atoms with Gasteiger partial charge in [-0.2, -0.15) is 0 Å². The fourth-order valence-corrected chi connectivity index (χ4v) is 2.26. The molecule has 2 rings (SSSR count). The summed E-state index contributed by atoms with van der Waals surface area (Å²) in [4.78, 5) is 27.1. The number of hydrogen-bond acceptors (Lipinski definition) is 5. The molecular formula is C17H23N5O. The van der Waals surface area contributed by atoms with Crippen LogP contribution in [-0.2, 0) is 0 Å². The van der Waals surface area contributed by atoms with Crippen LogP contribution in [0.1, 0.15) is 30.6 Å². The fraction of sp³-hybridized carbons (Fsp3) is 0.412. The van der Waals surface area contributed by atoms with Gasteiger partial charge >= 0.3 is 0 Å². The Labute approximate surface area is 137 Å². The van der Waals surface area contributed by atoms with Gasteiger partial charge in [0.1, 0.15) is 5.69 Å². The molecule has 2 aromatic heterocycles. The predicted molar refractivity (Wildman–Crippen MR) is 90.0 cm³/mol. The first-order valence-electron chi connectivity index (χ1n) is 7.87. The van der Waals surface area contributed by atoms with E-state index in [-0.39, 0.29) is 5.91 Å². The van der Waals surface area contributed by atoms with Gasteiger partial charge < -0.3 is 10.2 Å². The summed E-state index contributed by atoms with van der Waals surface area (Å²) in [6, 6.07) is 5.88. The lowest BCUT2D eigenvalue weighted by Crippen LogP contribution is -2.41. The van der Waals surface area contributed by atoms with Crippen molar-refractivity contribution in [1.82, 2.24) is 25.2 Å². The molecule has 1 unspecified atom stereocenters. The highest BCUT2D eigenvalue weighted by atomic mass is 16.1. The molecule has 0 aromatic carbocycles. The fourth-order valence-electron chi connectivity index (χ4n) is 2.26. The number of carbonyl (C=O) groups excluding carboxylic acids is 1. The van der Waals surface area contributed by atoms with E-state index in [4.69, 9.17) is 0 Å². The molecule has 6 nitrogen and oxygen atoms in total. The van der Waals surface area contributed by atoms with E-state index in [1.165, 1.54) is 12.4 Å². The van der Waals surface area contributed by atoms with E-state index in [1.807, 2.05) is 18.2 Å². The Hall–Kier alpha value is -2.34. The van der Waals surface area contributed by atoms with Gasteiger partial charge in [0.05, 0.1) is 5.56 Å². The highest BCUT2D eigenvalue weighted by Crippen LogP contribution is 2.10. The summed E-state index contributed by atoms with van der Waals surface area (Å²) in [5, 5.41) is 2.95. The van der Waals surface area contributed by atoms with Crippen LogP contribution in [0.3, 0.4) is 0 Å². The zero-order chi connectivity index (χ0) is 16.7. The lowest BCUT2D eigenvalue weighted by atomic mass is 10.2. The molecule has 23 heavy (non-hydrogen) atoms. The van der Waals surface area contributed by atoms with Crippen molar-refractivity contribution in [3.05, 3.63) is 42.4 Å². The molecule has 2 heterocycles. The van der Waals surface area contributed by atoms with Crippen molar-refractivity contribution in [2.24, 2.45) is 0 Å². The van der Waals surface area contributed by atoms with Crippen LogP contribution in [0.25, 0.3) is 11.5 Å². The number of carbonyl (C=O) groups is 1. The number of hydrogen-bond donors (Lipinski definition) is 1. The summed E-state index contributed by atoms with van der Waals surface area (Å²) in [6.45, 7) is 5.79. The Kier molecular flexibility index (Phi) is 6.17. The van der Waals surface area contributed by atoms with Crippen LogP contribution in [0.5, 0.6) is 0 Å². The minimum Gasteiger partial charge on any atom is -0.350 e. The zero-order valence-electron chi connectivity index (χ0n) is 13.9. The molecule has 0 saturated carbocycles. The number of amides is 1. The third-order valence-electron chi connectivity index (χ3n) is 3.90. The molecule has 0 spiro atoms. The van der Waals surface area contributed by atoms with E-state index in [0.29, 0.717) is 29.7 Å². The number of likely N-dealkylation sites (N-methyl/N-ethyl adjacent to an activating group) is 1. The van der Waals surface area contributed by atoms with Gasteiger partial charge in [0, 0.05) is 31.2 Å². The number of nitrogens with zero attached hydrogens (tertiary/aromatic N) is 4. The van der Waals surface area contributed by atoms with Crippen molar-refractivity contribution < 1.29 is 4.79 Å². The van der Waals surface area contributed by atoms with Gasteiger partial charge in [-0.25, -0.2) is 9.97 Å². The zero-order valence-corrected chi connectivity index (χ0v) is 13.9. The molecule has 1 amide bonds. The van der Waals surface area contributed by atoms with Gasteiger partial charge in [0.15, 0.2) is 5.82 Å². The minimum atomic E-state index is -0.152. The number of nitrogens with one attached hydrogen (secondary N) is 1. The standard InChI is InChI=1S/C17H23N5O/c1-4-14(22(3)5-2)12-21-17(23)13-10-19-16(20-11-13)15-8-6-7-9-18-15/h6-11,14H,4-5,12H2,1-3H3,(H,21,23). The van der Waals surface area contributed by atoms with Crippen molar-refractivity contribution in [3.63, 3.8) is 0 Å². The molecule has 0 aliphatic carbocycles. The van der Waals surface area contributed by atoms with Crippen molar-refractivity contribution in [1.29, 1.82) is 0 Å². The molecule has 0 fully saturated rings. The summed E-state index contributed by atoms with van der Waals surface area (Å²) in [5.74, 6) is 0.361. The van der Waals surface area contributed by atoms with Crippen molar-refractivity contribution in [2.45, 2.75) is 26.3 Å². The maximum Gasteiger partial charge on any atom is 0.254 e. The molecular weight excluding hydrogens is 290 g/mol. The molecule has 1 N–H and O–H groups in total. The Morgan fingerprint density at radius 3 is 2.52 bits per heavy atom. The third kappa shape index (κ3) is 4.56. The molecule has 0 saturated heterocycles. The Bertz CT molecular complexity index is 615. The van der Waals surface area contributed by atoms with Crippen LogP contribution in [0.4, 0.5) is 0 Å². The van der Waals surface area contributed by atoms with Crippen LogP contribution in [0.2, 0.25) is 0 Å². The summed E-state index contributed by atoms with van der Waals surface area (Å²) in [6.07, 6.45) is 5.75. The van der Waals surface area contributed by atoms with E-state index in [1.54, 1.807) is 6.20 Å². The van der Waals surface area contributed by atoms with E-state index in [2.05, 4.69) is 46.1 Å². The van der Waals surface area contributed by atoms with Gasteiger partial charge in [-0.3, -0.25) is 9.78 Å². The van der Waals surface area contributed by atoms with Gasteiger partial charge in [-0.1, -0.05) is 19.9 Å². The van der Waals surface area contributed by atoms with Crippen molar-refractivity contribution >= 4 is 5.91 Å². The van der Waals surface area contributed by atoms with Crippen molar-refractivity contribution in [3.8, 4) is 11.5 Å². The van der Waals surface area contributed by atoms with Crippen LogP contribution >= 0.6 is 0 Å². The molecule has 0 aliphatic rings. The van der Waals surface area contributed by atoms with E-state index in [0.717, 1.165) is 13.0 Å². The topological polar surface area (TPSA) is 71.0 Å². The highest BCUT2D eigenvalue weighted by Gasteiger charge is 2.14. The first kappa shape index (κ1) is 17.0. The molecule has 0 bridgehead atoms. The van der Waals surface area contributed by atoms with Gasteiger partial charge in [0.25, 0.3) is 5.91 Å². The van der Waals surface area contributed by atoms with E-state index in [9.17, 15) is 4.79 Å². The molecule has 122 valence electrons. The number of aromatic nitrogens is 3. The lowest BCUT2D eigenvalue weighted by Gasteiger charge is -2.25. The lowest BCUT2D eigenvalue weighted by molar-refractivity contribution is 0.0937. The second-order valence-electron chi connectivity index (χ2n) is 5.36. The smallest absolute Gasteiger partial charge is 0.254 e. The predicted octanol–water partition coefficient (Wildman–Crippen LogP) is 2.00. The number of pyridine rings is 1. The maximum absolute atomic E-state index is 12.2. The SMILES string of the molecule is CCC(CNC(=O)c1cnc(-c2ccccn2)nc1)N(C)CC. The van der Waals surface area contributed by atoms with Crippen molar-refractivity contribution in [2.75, 3.05) is 20.1 Å². The van der Waals surface area contributed by atoms with E-state index >= 15 is 0 Å². The monoisotopic (exact) mass is 313 g/mol. The van der Waals surface area contributed by atoms with Gasteiger partial charge in [-0.15, -0.1) is 0 Å². The second kappa shape index (κ2) is 8.33. The van der Waals surface area contributed by atoms with E-state index < -0.39 is 0 Å². The Morgan fingerprint density at radius 2 is 1.96 bits per heavy atom. The summed E-state index contributed by atoms with van der Waals surface area (Å²) in [7, 11) is 2.06. The van der Waals surface area contributed by atoms with Crippen LogP contribution in [-0.4, -0.2) is 51.9 Å². The molecule has 0 aliphatic heterocycles. The quantitative estimate of drug-likeness (QED) is 0.846. The van der Waals surface area contributed by atoms with Crippen LogP contribution in [0, 0.1) is 0 Å². The average molecular weight is 313 g/mol. The second-order valence-corrected chi connectivity index (χ2v) is 5.36. The van der Waals surface area contributed by atoms with Gasteiger partial charge in [-0.05, 0) is 32.1 Å². The first-order valence-corrected chi connectivity index (χ1v) is 7.87. The van der Waals surface area contributed by atoms with Crippen LogP contribution in [0.15, 0.2) is 36.8 Å². The molecule has 0 radical (unpaired) electrons. The largest absolute Gasteiger partial charge is 0.350 e. The Balaban J connectivity index is 1.98. The normalized spacial score (nSPS) is 12.2. The first-order chi connectivity index (χ1) is 11.2. The summed E-state index contributed by atoms with van der Waals surface area (Å²) < 4.78 is 0. The number of rotatable bonds is 7.